The fraction of sp³-hybridized carbons (Fsp3) is 0.316. The maximum Gasteiger partial charge on any atom is 0.311 e. The first-order valence-electron chi connectivity index (χ1n) is 8.61. The standard InChI is InChI=1S/C19H21N3O5/c1-26-18-10-14(6-8-17(18)22(24)25)27-11-19(23)21-16-4-2-3-12-9-13(20)5-7-15(12)16/h5-10,16H,2-4,11,20H2,1H3,(H,21,23). The van der Waals surface area contributed by atoms with E-state index in [1.54, 1.807) is 0 Å². The van der Waals surface area contributed by atoms with Crippen molar-refractivity contribution in [1.82, 2.24) is 5.32 Å². The Bertz CT molecular complexity index is 868. The first kappa shape index (κ1) is 18.5. The number of nitrogens with zero attached hydrogens (tertiary/aromatic N) is 1. The summed E-state index contributed by atoms with van der Waals surface area (Å²) < 4.78 is 10.5. The van der Waals surface area contributed by atoms with Crippen molar-refractivity contribution >= 4 is 17.3 Å². The van der Waals surface area contributed by atoms with Gasteiger partial charge in [-0.3, -0.25) is 14.9 Å². The van der Waals surface area contributed by atoms with Crippen molar-refractivity contribution in [3.05, 3.63) is 57.6 Å². The number of hydrogen-bond donors (Lipinski definition) is 2. The van der Waals surface area contributed by atoms with Crippen molar-refractivity contribution in [1.29, 1.82) is 0 Å². The second-order valence-corrected chi connectivity index (χ2v) is 6.35. The number of rotatable bonds is 6. The van der Waals surface area contributed by atoms with Gasteiger partial charge < -0.3 is 20.5 Å². The van der Waals surface area contributed by atoms with Crippen LogP contribution in [0.2, 0.25) is 0 Å². The molecule has 142 valence electrons. The second-order valence-electron chi connectivity index (χ2n) is 6.35. The van der Waals surface area contributed by atoms with E-state index in [9.17, 15) is 14.9 Å². The topological polar surface area (TPSA) is 117 Å². The monoisotopic (exact) mass is 371 g/mol. The van der Waals surface area contributed by atoms with Crippen molar-refractivity contribution in [3.8, 4) is 11.5 Å². The van der Waals surface area contributed by atoms with Gasteiger partial charge in [0.1, 0.15) is 5.75 Å². The summed E-state index contributed by atoms with van der Waals surface area (Å²) in [4.78, 5) is 22.7. The van der Waals surface area contributed by atoms with Crippen LogP contribution in [0.4, 0.5) is 11.4 Å². The van der Waals surface area contributed by atoms with Crippen molar-refractivity contribution < 1.29 is 19.2 Å². The number of nitro groups is 1. The number of aryl methyl sites for hydroxylation is 1. The summed E-state index contributed by atoms with van der Waals surface area (Å²) in [6, 6.07) is 9.79. The summed E-state index contributed by atoms with van der Waals surface area (Å²) in [5.41, 5.74) is 8.64. The Balaban J connectivity index is 1.62. The predicted molar refractivity (Wildman–Crippen MR) is 99.8 cm³/mol. The lowest BCUT2D eigenvalue weighted by Crippen LogP contribution is -2.34. The highest BCUT2D eigenvalue weighted by Crippen LogP contribution is 2.32. The predicted octanol–water partition coefficient (Wildman–Crippen LogP) is 2.76. The Kier molecular flexibility index (Phi) is 5.44. The maximum absolute atomic E-state index is 12.3. The molecule has 27 heavy (non-hydrogen) atoms. The third kappa shape index (κ3) is 4.28. The van der Waals surface area contributed by atoms with Crippen LogP contribution in [0, 0.1) is 10.1 Å². The van der Waals surface area contributed by atoms with Gasteiger partial charge in [-0.25, -0.2) is 0 Å². The van der Waals surface area contributed by atoms with Crippen LogP contribution in [0.15, 0.2) is 36.4 Å². The number of nitro benzene ring substituents is 1. The zero-order chi connectivity index (χ0) is 19.4. The van der Waals surface area contributed by atoms with Crippen LogP contribution in [0.25, 0.3) is 0 Å². The number of nitrogens with one attached hydrogen (secondary N) is 1. The van der Waals surface area contributed by atoms with Crippen LogP contribution in [0.5, 0.6) is 11.5 Å². The number of fused-ring (bicyclic) bond motifs is 1. The molecule has 0 radical (unpaired) electrons. The fourth-order valence-electron chi connectivity index (χ4n) is 3.27. The van der Waals surface area contributed by atoms with Gasteiger partial charge in [-0.1, -0.05) is 6.07 Å². The first-order valence-corrected chi connectivity index (χ1v) is 8.61. The van der Waals surface area contributed by atoms with Crippen molar-refractivity contribution in [2.45, 2.75) is 25.3 Å². The Labute approximate surface area is 156 Å². The normalized spacial score (nSPS) is 15.5. The number of nitrogen functional groups attached to an aromatic ring is 1. The second kappa shape index (κ2) is 7.94. The molecule has 2 aromatic rings. The van der Waals surface area contributed by atoms with E-state index in [1.807, 2.05) is 18.2 Å². The Morgan fingerprint density at radius 3 is 2.89 bits per heavy atom. The van der Waals surface area contributed by atoms with Crippen LogP contribution in [0.3, 0.4) is 0 Å². The zero-order valence-corrected chi connectivity index (χ0v) is 14.9. The average molecular weight is 371 g/mol. The lowest BCUT2D eigenvalue weighted by molar-refractivity contribution is -0.385. The third-order valence-corrected chi connectivity index (χ3v) is 4.53. The molecular formula is C19H21N3O5. The minimum atomic E-state index is -0.539. The highest BCUT2D eigenvalue weighted by Gasteiger charge is 2.22. The number of carbonyl (C=O) groups excluding carboxylic acids is 1. The molecule has 1 aliphatic carbocycles. The van der Waals surface area contributed by atoms with Crippen LogP contribution in [-0.4, -0.2) is 24.5 Å². The van der Waals surface area contributed by atoms with E-state index in [2.05, 4.69) is 5.32 Å². The quantitative estimate of drug-likeness (QED) is 0.458. The van der Waals surface area contributed by atoms with Crippen LogP contribution in [-0.2, 0) is 11.2 Å². The number of amides is 1. The molecule has 0 saturated heterocycles. The summed E-state index contributed by atoms with van der Waals surface area (Å²) in [5.74, 6) is 0.142. The van der Waals surface area contributed by atoms with Gasteiger partial charge in [0.2, 0.25) is 5.75 Å². The molecule has 0 saturated carbocycles. The molecule has 8 nitrogen and oxygen atoms in total. The summed E-state index contributed by atoms with van der Waals surface area (Å²) in [7, 11) is 1.34. The lowest BCUT2D eigenvalue weighted by Gasteiger charge is -2.26. The van der Waals surface area contributed by atoms with Gasteiger partial charge in [0.25, 0.3) is 5.91 Å². The average Bonchev–Trinajstić information content (AvgIpc) is 2.66. The molecule has 0 aliphatic heterocycles. The van der Waals surface area contributed by atoms with E-state index in [0.717, 1.165) is 36.1 Å². The number of nitrogens with two attached hydrogens (primary N) is 1. The van der Waals surface area contributed by atoms with Crippen molar-refractivity contribution in [2.24, 2.45) is 0 Å². The van der Waals surface area contributed by atoms with E-state index in [0.29, 0.717) is 5.75 Å². The first-order chi connectivity index (χ1) is 13.0. The van der Waals surface area contributed by atoms with Gasteiger partial charge in [-0.15, -0.1) is 0 Å². The molecular weight excluding hydrogens is 350 g/mol. The third-order valence-electron chi connectivity index (χ3n) is 4.53. The van der Waals surface area contributed by atoms with Crippen LogP contribution < -0.4 is 20.5 Å². The molecule has 0 fully saturated rings. The van der Waals surface area contributed by atoms with Crippen molar-refractivity contribution in [3.63, 3.8) is 0 Å². The van der Waals surface area contributed by atoms with Gasteiger partial charge in [0, 0.05) is 17.8 Å². The van der Waals surface area contributed by atoms with E-state index in [-0.39, 0.29) is 30.0 Å². The van der Waals surface area contributed by atoms with Gasteiger partial charge >= 0.3 is 5.69 Å². The maximum atomic E-state index is 12.3. The fourth-order valence-corrected chi connectivity index (χ4v) is 3.27. The Hall–Kier alpha value is -3.29. The molecule has 0 bridgehead atoms. The zero-order valence-electron chi connectivity index (χ0n) is 14.9. The molecule has 1 amide bonds. The molecule has 0 spiro atoms. The molecule has 1 atom stereocenters. The summed E-state index contributed by atoms with van der Waals surface area (Å²) >= 11 is 0. The van der Waals surface area contributed by atoms with E-state index < -0.39 is 4.92 Å². The van der Waals surface area contributed by atoms with E-state index >= 15 is 0 Å². The summed E-state index contributed by atoms with van der Waals surface area (Å²) in [6.45, 7) is -0.193. The number of benzene rings is 2. The largest absolute Gasteiger partial charge is 0.490 e. The molecule has 0 heterocycles. The molecule has 8 heteroatoms. The molecule has 0 aromatic heterocycles. The number of carbonyl (C=O) groups is 1. The molecule has 3 N–H and O–H groups in total. The highest BCUT2D eigenvalue weighted by molar-refractivity contribution is 5.78. The number of anilines is 1. The van der Waals surface area contributed by atoms with Gasteiger partial charge in [-0.2, -0.15) is 0 Å². The molecule has 3 rings (SSSR count). The molecule has 2 aromatic carbocycles. The van der Waals surface area contributed by atoms with Gasteiger partial charge in [-0.05, 0) is 48.6 Å². The number of hydrogen-bond acceptors (Lipinski definition) is 6. The van der Waals surface area contributed by atoms with Crippen LogP contribution >= 0.6 is 0 Å². The minimum absolute atomic E-state index is 0.0724. The SMILES string of the molecule is COc1cc(OCC(=O)NC2CCCc3cc(N)ccc32)ccc1[N+](=O)[O-]. The number of methoxy groups -OCH3 is 1. The van der Waals surface area contributed by atoms with Gasteiger partial charge in [0.15, 0.2) is 6.61 Å². The smallest absolute Gasteiger partial charge is 0.311 e. The Morgan fingerprint density at radius 2 is 2.15 bits per heavy atom. The molecule has 1 aliphatic rings. The van der Waals surface area contributed by atoms with Crippen molar-refractivity contribution in [2.75, 3.05) is 19.5 Å². The van der Waals surface area contributed by atoms with Gasteiger partial charge in [0.05, 0.1) is 18.1 Å². The summed E-state index contributed by atoms with van der Waals surface area (Å²) in [5, 5.41) is 13.9. The minimum Gasteiger partial charge on any atom is -0.490 e. The number of ether oxygens (including phenoxy) is 2. The Morgan fingerprint density at radius 1 is 1.33 bits per heavy atom. The highest BCUT2D eigenvalue weighted by atomic mass is 16.6. The van der Waals surface area contributed by atoms with Crippen LogP contribution in [0.1, 0.15) is 30.0 Å². The molecule has 1 unspecified atom stereocenters. The van der Waals surface area contributed by atoms with E-state index in [4.69, 9.17) is 15.2 Å². The summed E-state index contributed by atoms with van der Waals surface area (Å²) in [6.07, 6.45) is 2.78. The van der Waals surface area contributed by atoms with E-state index in [1.165, 1.54) is 25.3 Å². The lowest BCUT2D eigenvalue weighted by atomic mass is 9.87.